The van der Waals surface area contributed by atoms with Crippen LogP contribution < -0.4 is 11.1 Å². The molecule has 2 saturated carbocycles. The van der Waals surface area contributed by atoms with Crippen molar-refractivity contribution in [1.29, 1.82) is 0 Å². The van der Waals surface area contributed by atoms with E-state index in [0.717, 1.165) is 23.4 Å². The molecule has 2 aromatic carbocycles. The van der Waals surface area contributed by atoms with E-state index in [1.165, 1.54) is 6.07 Å². The number of nitrogens with two attached hydrogens (primary N) is 1. The molecule has 9 nitrogen and oxygen atoms in total. The Labute approximate surface area is 225 Å². The van der Waals surface area contributed by atoms with Gasteiger partial charge in [0, 0.05) is 24.6 Å². The summed E-state index contributed by atoms with van der Waals surface area (Å²) in [6.45, 7) is 7.18. The van der Waals surface area contributed by atoms with Crippen LogP contribution >= 0.6 is 0 Å². The van der Waals surface area contributed by atoms with E-state index in [9.17, 15) is 34.2 Å². The maximum atomic E-state index is 13.7. The number of primary amides is 1. The summed E-state index contributed by atoms with van der Waals surface area (Å²) >= 11 is 0. The summed E-state index contributed by atoms with van der Waals surface area (Å²) in [4.78, 5) is 64.7. The molecule has 5 N–H and O–H groups in total. The van der Waals surface area contributed by atoms with Gasteiger partial charge >= 0.3 is 0 Å². The van der Waals surface area contributed by atoms with Crippen molar-refractivity contribution in [2.75, 3.05) is 11.9 Å². The van der Waals surface area contributed by atoms with Crippen LogP contribution in [-0.2, 0) is 25.6 Å². The number of rotatable bonds is 4. The lowest BCUT2D eigenvalue weighted by Crippen LogP contribution is -2.68. The van der Waals surface area contributed by atoms with Crippen molar-refractivity contribution in [2.45, 2.75) is 45.6 Å². The van der Waals surface area contributed by atoms with E-state index in [-0.39, 0.29) is 36.0 Å². The van der Waals surface area contributed by atoms with Gasteiger partial charge in [-0.25, -0.2) is 0 Å². The molecule has 2 aromatic rings. The summed E-state index contributed by atoms with van der Waals surface area (Å²) in [5, 5.41) is 25.4. The lowest BCUT2D eigenvalue weighted by molar-refractivity contribution is -0.175. The number of amides is 1. The highest BCUT2D eigenvalue weighted by atomic mass is 16.3. The number of hydrogen-bond acceptors (Lipinski definition) is 8. The van der Waals surface area contributed by atoms with Crippen molar-refractivity contribution in [3.63, 3.8) is 0 Å². The molecule has 0 aromatic heterocycles. The molecular weight excluding hydrogens is 500 g/mol. The first-order chi connectivity index (χ1) is 18.2. The molecule has 9 heteroatoms. The minimum Gasteiger partial charge on any atom is -0.507 e. The van der Waals surface area contributed by atoms with Crippen LogP contribution in [0.4, 0.5) is 5.69 Å². The van der Waals surface area contributed by atoms with Crippen molar-refractivity contribution in [2.24, 2.45) is 34.8 Å². The number of carbonyl (C=O) groups is 5. The summed E-state index contributed by atoms with van der Waals surface area (Å²) in [6.07, 6.45) is -0.0625. The molecule has 39 heavy (non-hydrogen) atoms. The van der Waals surface area contributed by atoms with Crippen LogP contribution in [-0.4, -0.2) is 51.4 Å². The number of hydrogen-bond donors (Lipinski definition) is 4. The fraction of sp³-hybridized carbons (Fsp3) is 0.433. The number of aliphatic hydroxyl groups is 1. The van der Waals surface area contributed by atoms with Gasteiger partial charge in [0.05, 0.1) is 11.5 Å². The smallest absolute Gasteiger partial charge is 0.235 e. The summed E-state index contributed by atoms with van der Waals surface area (Å²) in [7, 11) is 0. The summed E-state index contributed by atoms with van der Waals surface area (Å²) < 4.78 is 0. The van der Waals surface area contributed by atoms with Gasteiger partial charge in [0.1, 0.15) is 5.75 Å². The number of anilines is 1. The topological polar surface area (TPSA) is 164 Å². The van der Waals surface area contributed by atoms with Crippen molar-refractivity contribution in [3.05, 3.63) is 47.5 Å². The first-order valence-corrected chi connectivity index (χ1v) is 13.1. The van der Waals surface area contributed by atoms with Gasteiger partial charge in [0.25, 0.3) is 0 Å². The normalized spacial score (nSPS) is 28.4. The number of nitrogens with one attached hydrogen (secondary N) is 1. The standard InChI is InChI=1S/C30H32N2O7/c1-29(2,3)13-32-17-6-4-14(5-7-17)18-8-9-20(33)23-19(18)11-15-10-16-12-21(34)24(28(31)38)27(37)30(16,39)26(36)22(15)25(23)35/h4-9,15-16,22,24,32-33,39H,10-13H2,1-3H3,(H2,31,38)/t15-,16+,22?,24?,30+/m1/s1. The average Bonchev–Trinajstić information content (AvgIpc) is 2.85. The second-order valence-electron chi connectivity index (χ2n) is 12.2. The maximum absolute atomic E-state index is 13.7. The lowest BCUT2D eigenvalue weighted by Gasteiger charge is -2.48. The first-order valence-electron chi connectivity index (χ1n) is 13.1. The Morgan fingerprint density at radius 3 is 2.31 bits per heavy atom. The third-order valence-electron chi connectivity index (χ3n) is 8.30. The molecule has 204 valence electrons. The van der Waals surface area contributed by atoms with Crippen LogP contribution in [0.2, 0.25) is 0 Å². The Bertz CT molecular complexity index is 1420. The quantitative estimate of drug-likeness (QED) is 0.436. The fourth-order valence-corrected chi connectivity index (χ4v) is 6.37. The second-order valence-corrected chi connectivity index (χ2v) is 12.2. The molecule has 2 fully saturated rings. The van der Waals surface area contributed by atoms with E-state index in [1.807, 2.05) is 24.3 Å². The van der Waals surface area contributed by atoms with E-state index in [1.54, 1.807) is 6.07 Å². The molecule has 0 spiro atoms. The SMILES string of the molecule is CC(C)(C)CNc1ccc(-c2ccc(O)c3c2C[C@H]2C[C@H]4CC(=O)C(C(N)=O)C(=O)[C@@]4(O)C(=O)C2C3=O)cc1. The zero-order valence-corrected chi connectivity index (χ0v) is 22.1. The Hall–Kier alpha value is -3.85. The molecule has 5 atom stereocenters. The van der Waals surface area contributed by atoms with Crippen LogP contribution in [0.5, 0.6) is 5.75 Å². The van der Waals surface area contributed by atoms with Gasteiger partial charge in [-0.3, -0.25) is 24.0 Å². The molecular formula is C30H32N2O7. The van der Waals surface area contributed by atoms with Crippen molar-refractivity contribution in [3.8, 4) is 16.9 Å². The molecule has 0 heterocycles. The molecule has 5 rings (SSSR count). The molecule has 2 unspecified atom stereocenters. The minimum atomic E-state index is -2.65. The summed E-state index contributed by atoms with van der Waals surface area (Å²) in [5.74, 6) is -10.1. The zero-order valence-electron chi connectivity index (χ0n) is 22.1. The number of phenols is 1. The molecule has 3 aliphatic rings. The Morgan fingerprint density at radius 1 is 1.03 bits per heavy atom. The molecule has 0 aliphatic heterocycles. The van der Waals surface area contributed by atoms with E-state index >= 15 is 0 Å². The first kappa shape index (κ1) is 26.7. The van der Waals surface area contributed by atoms with Gasteiger partial charge in [0.15, 0.2) is 34.7 Å². The van der Waals surface area contributed by atoms with Crippen molar-refractivity contribution < 1.29 is 34.2 Å². The van der Waals surface area contributed by atoms with E-state index in [0.29, 0.717) is 5.56 Å². The van der Waals surface area contributed by atoms with Gasteiger partial charge in [-0.2, -0.15) is 0 Å². The van der Waals surface area contributed by atoms with Gasteiger partial charge in [-0.15, -0.1) is 0 Å². The summed E-state index contributed by atoms with van der Waals surface area (Å²) in [5.41, 5.74) is 5.75. The average molecular weight is 533 g/mol. The van der Waals surface area contributed by atoms with Crippen molar-refractivity contribution >= 4 is 34.7 Å². The van der Waals surface area contributed by atoms with Crippen LogP contribution in [0.15, 0.2) is 36.4 Å². The Balaban J connectivity index is 1.51. The number of aromatic hydroxyl groups is 1. The molecule has 0 radical (unpaired) electrons. The molecule has 1 amide bonds. The number of phenolic OH excluding ortho intramolecular Hbond substituents is 1. The van der Waals surface area contributed by atoms with E-state index in [4.69, 9.17) is 5.73 Å². The van der Waals surface area contributed by atoms with Gasteiger partial charge in [-0.05, 0) is 59.1 Å². The Morgan fingerprint density at radius 2 is 1.69 bits per heavy atom. The number of benzene rings is 2. The second kappa shape index (κ2) is 9.12. The van der Waals surface area contributed by atoms with E-state index < -0.39 is 58.3 Å². The monoisotopic (exact) mass is 532 g/mol. The Kier molecular flexibility index (Phi) is 6.25. The van der Waals surface area contributed by atoms with Gasteiger partial charge < -0.3 is 21.3 Å². The number of ketones is 4. The van der Waals surface area contributed by atoms with Gasteiger partial charge in [0.2, 0.25) is 5.91 Å². The maximum Gasteiger partial charge on any atom is 0.235 e. The summed E-state index contributed by atoms with van der Waals surface area (Å²) in [6, 6.07) is 10.8. The fourth-order valence-electron chi connectivity index (χ4n) is 6.37. The number of fused-ring (bicyclic) bond motifs is 3. The largest absolute Gasteiger partial charge is 0.507 e. The number of carbonyl (C=O) groups excluding carboxylic acids is 5. The van der Waals surface area contributed by atoms with E-state index in [2.05, 4.69) is 26.1 Å². The predicted molar refractivity (Wildman–Crippen MR) is 142 cm³/mol. The number of Topliss-reactive ketones (excluding diaryl/α,β-unsaturated/α-hetero) is 4. The van der Waals surface area contributed by atoms with Crippen LogP contribution in [0, 0.1) is 29.1 Å². The van der Waals surface area contributed by atoms with Crippen LogP contribution in [0.1, 0.15) is 49.5 Å². The highest BCUT2D eigenvalue weighted by molar-refractivity contribution is 6.31. The third kappa shape index (κ3) is 4.25. The minimum absolute atomic E-state index is 0.00938. The molecule has 3 aliphatic carbocycles. The van der Waals surface area contributed by atoms with Crippen LogP contribution in [0.25, 0.3) is 11.1 Å². The lowest BCUT2D eigenvalue weighted by atomic mass is 9.53. The van der Waals surface area contributed by atoms with Crippen LogP contribution in [0.3, 0.4) is 0 Å². The predicted octanol–water partition coefficient (Wildman–Crippen LogP) is 2.45. The zero-order chi connectivity index (χ0) is 28.4. The van der Waals surface area contributed by atoms with Crippen molar-refractivity contribution in [1.82, 2.24) is 0 Å². The van der Waals surface area contributed by atoms with Gasteiger partial charge in [-0.1, -0.05) is 39.0 Å². The molecule has 0 bridgehead atoms. The molecule has 0 saturated heterocycles. The highest BCUT2D eigenvalue weighted by Crippen LogP contribution is 2.51. The third-order valence-corrected chi connectivity index (χ3v) is 8.30. The highest BCUT2D eigenvalue weighted by Gasteiger charge is 2.66.